The number of aromatic nitrogens is 1. The van der Waals surface area contributed by atoms with Crippen LogP contribution in [0.1, 0.15) is 44.2 Å². The Balaban J connectivity index is 1.40. The number of unbranched alkanes of at least 4 members (excludes halogenated alkanes) is 3. The zero-order valence-electron chi connectivity index (χ0n) is 17.0. The lowest BCUT2D eigenvalue weighted by Crippen LogP contribution is -2.37. The lowest BCUT2D eigenvalue weighted by Gasteiger charge is -2.32. The molecule has 0 amide bonds. The van der Waals surface area contributed by atoms with Crippen LogP contribution in [0.3, 0.4) is 0 Å². The van der Waals surface area contributed by atoms with Crippen LogP contribution in [0.4, 0.5) is 0 Å². The standard InChI is InChI=1S/C23H36N2O3/c26-18-21-9-7-12-23(17-21,20-27)19-24-13-4-1-2-6-15-28-16-8-11-22-10-3-5-14-25-22/h3,5,7,9-10,12,14,24,26-27H,1-2,4,6,8,11,13,15-20H2. The lowest BCUT2D eigenvalue weighted by atomic mass is 9.79. The molecule has 5 nitrogen and oxygen atoms in total. The second kappa shape index (κ2) is 13.6. The molecule has 0 fully saturated rings. The molecule has 0 spiro atoms. The molecule has 1 unspecified atom stereocenters. The number of aryl methyl sites for hydroxylation is 1. The maximum atomic E-state index is 9.76. The number of nitrogens with zero attached hydrogens (tertiary/aromatic N) is 1. The van der Waals surface area contributed by atoms with Crippen molar-refractivity contribution < 1.29 is 14.9 Å². The maximum Gasteiger partial charge on any atom is 0.0645 e. The van der Waals surface area contributed by atoms with Crippen molar-refractivity contribution in [1.29, 1.82) is 0 Å². The summed E-state index contributed by atoms with van der Waals surface area (Å²) in [6.45, 7) is 3.52. The normalized spacial score (nSPS) is 19.0. The number of allylic oxidation sites excluding steroid dienone is 2. The molecule has 0 aromatic carbocycles. The molecular formula is C23H36N2O3. The average molecular weight is 389 g/mol. The van der Waals surface area contributed by atoms with E-state index in [4.69, 9.17) is 4.74 Å². The zero-order valence-corrected chi connectivity index (χ0v) is 17.0. The fourth-order valence-electron chi connectivity index (χ4n) is 3.50. The van der Waals surface area contributed by atoms with Gasteiger partial charge in [0, 0.05) is 37.1 Å². The fraction of sp³-hybridized carbons (Fsp3) is 0.609. The number of hydrogen-bond acceptors (Lipinski definition) is 5. The SMILES string of the molecule is OCC1=CC=CC(CO)(CNCCCCCCOCCCc2ccccn2)C1. The van der Waals surface area contributed by atoms with Gasteiger partial charge in [-0.25, -0.2) is 0 Å². The maximum absolute atomic E-state index is 9.76. The summed E-state index contributed by atoms with van der Waals surface area (Å²) < 4.78 is 5.71. The van der Waals surface area contributed by atoms with E-state index in [1.165, 1.54) is 12.8 Å². The van der Waals surface area contributed by atoms with Crippen LogP contribution in [-0.2, 0) is 11.2 Å². The Morgan fingerprint density at radius 2 is 1.93 bits per heavy atom. The number of rotatable bonds is 15. The highest BCUT2D eigenvalue weighted by Crippen LogP contribution is 2.30. The topological polar surface area (TPSA) is 74.6 Å². The Morgan fingerprint density at radius 1 is 1.07 bits per heavy atom. The predicted molar refractivity (Wildman–Crippen MR) is 113 cm³/mol. The first-order chi connectivity index (χ1) is 13.8. The van der Waals surface area contributed by atoms with Gasteiger partial charge in [0.2, 0.25) is 0 Å². The molecule has 156 valence electrons. The van der Waals surface area contributed by atoms with Gasteiger partial charge in [-0.3, -0.25) is 4.98 Å². The summed E-state index contributed by atoms with van der Waals surface area (Å²) >= 11 is 0. The Bertz CT molecular complexity index is 589. The van der Waals surface area contributed by atoms with E-state index >= 15 is 0 Å². The van der Waals surface area contributed by atoms with Crippen molar-refractivity contribution in [2.24, 2.45) is 5.41 Å². The van der Waals surface area contributed by atoms with Crippen LogP contribution in [0.5, 0.6) is 0 Å². The molecule has 2 rings (SSSR count). The molecule has 1 aliphatic rings. The number of ether oxygens (including phenoxy) is 1. The molecule has 3 N–H and O–H groups in total. The molecule has 1 aliphatic carbocycles. The number of hydrogen-bond donors (Lipinski definition) is 3. The van der Waals surface area contributed by atoms with Crippen LogP contribution < -0.4 is 5.32 Å². The largest absolute Gasteiger partial charge is 0.395 e. The average Bonchev–Trinajstić information content (AvgIpc) is 2.75. The second-order valence-electron chi connectivity index (χ2n) is 7.67. The number of aliphatic hydroxyl groups excluding tert-OH is 2. The van der Waals surface area contributed by atoms with Gasteiger partial charge in [-0.2, -0.15) is 0 Å². The van der Waals surface area contributed by atoms with Gasteiger partial charge in [-0.15, -0.1) is 0 Å². The van der Waals surface area contributed by atoms with E-state index in [9.17, 15) is 10.2 Å². The molecule has 1 heterocycles. The highest BCUT2D eigenvalue weighted by Gasteiger charge is 2.28. The third-order valence-corrected chi connectivity index (χ3v) is 5.20. The molecular weight excluding hydrogens is 352 g/mol. The van der Waals surface area contributed by atoms with Gasteiger partial charge in [-0.1, -0.05) is 37.1 Å². The minimum absolute atomic E-state index is 0.0668. The van der Waals surface area contributed by atoms with Crippen molar-refractivity contribution in [3.8, 4) is 0 Å². The molecule has 1 aromatic heterocycles. The van der Waals surface area contributed by atoms with Crippen molar-refractivity contribution in [2.45, 2.75) is 44.9 Å². The third kappa shape index (κ3) is 8.65. The fourth-order valence-corrected chi connectivity index (χ4v) is 3.50. The van der Waals surface area contributed by atoms with Crippen molar-refractivity contribution >= 4 is 0 Å². The molecule has 5 heteroatoms. The van der Waals surface area contributed by atoms with Crippen molar-refractivity contribution in [3.05, 3.63) is 53.9 Å². The van der Waals surface area contributed by atoms with Gasteiger partial charge in [0.05, 0.1) is 13.2 Å². The highest BCUT2D eigenvalue weighted by molar-refractivity contribution is 5.24. The van der Waals surface area contributed by atoms with Crippen molar-refractivity contribution in [1.82, 2.24) is 10.3 Å². The molecule has 0 saturated heterocycles. The second-order valence-corrected chi connectivity index (χ2v) is 7.67. The molecule has 1 atom stereocenters. The van der Waals surface area contributed by atoms with E-state index in [1.54, 1.807) is 0 Å². The lowest BCUT2D eigenvalue weighted by molar-refractivity contribution is 0.127. The van der Waals surface area contributed by atoms with Crippen LogP contribution in [0.15, 0.2) is 48.2 Å². The highest BCUT2D eigenvalue weighted by atomic mass is 16.5. The molecule has 0 radical (unpaired) electrons. The van der Waals surface area contributed by atoms with E-state index in [0.29, 0.717) is 0 Å². The van der Waals surface area contributed by atoms with Crippen molar-refractivity contribution in [2.75, 3.05) is 39.5 Å². The molecule has 0 bridgehead atoms. The predicted octanol–water partition coefficient (Wildman–Crippen LogP) is 3.04. The van der Waals surface area contributed by atoms with Gasteiger partial charge < -0.3 is 20.3 Å². The van der Waals surface area contributed by atoms with Gasteiger partial charge in [0.25, 0.3) is 0 Å². The molecule has 28 heavy (non-hydrogen) atoms. The van der Waals surface area contributed by atoms with E-state index in [2.05, 4.69) is 22.4 Å². The summed E-state index contributed by atoms with van der Waals surface area (Å²) in [5, 5.41) is 22.5. The molecule has 0 aliphatic heterocycles. The van der Waals surface area contributed by atoms with E-state index < -0.39 is 0 Å². The summed E-state index contributed by atoms with van der Waals surface area (Å²) in [6, 6.07) is 6.03. The molecule has 1 aromatic rings. The minimum atomic E-state index is -0.268. The monoisotopic (exact) mass is 388 g/mol. The summed E-state index contributed by atoms with van der Waals surface area (Å²) in [7, 11) is 0. The summed E-state index contributed by atoms with van der Waals surface area (Å²) in [5.41, 5.74) is 1.85. The first kappa shape index (κ1) is 22.8. The zero-order chi connectivity index (χ0) is 19.9. The first-order valence-electron chi connectivity index (χ1n) is 10.6. The van der Waals surface area contributed by atoms with Crippen LogP contribution in [0.2, 0.25) is 0 Å². The summed E-state index contributed by atoms with van der Waals surface area (Å²) in [4.78, 5) is 4.32. The Hall–Kier alpha value is -1.53. The number of pyridine rings is 1. The number of aliphatic hydroxyl groups is 2. The van der Waals surface area contributed by atoms with E-state index in [0.717, 1.165) is 69.7 Å². The van der Waals surface area contributed by atoms with Crippen LogP contribution in [-0.4, -0.2) is 54.7 Å². The molecule has 0 saturated carbocycles. The Labute approximate surface area is 169 Å². The summed E-state index contributed by atoms with van der Waals surface area (Å²) in [5.74, 6) is 0. The van der Waals surface area contributed by atoms with Crippen LogP contribution in [0, 0.1) is 5.41 Å². The smallest absolute Gasteiger partial charge is 0.0645 e. The van der Waals surface area contributed by atoms with Crippen molar-refractivity contribution in [3.63, 3.8) is 0 Å². The Kier molecular flexibility index (Phi) is 11.1. The van der Waals surface area contributed by atoms with Gasteiger partial charge >= 0.3 is 0 Å². The van der Waals surface area contributed by atoms with Crippen LogP contribution >= 0.6 is 0 Å². The Morgan fingerprint density at radius 3 is 2.71 bits per heavy atom. The van der Waals surface area contributed by atoms with E-state index in [1.807, 2.05) is 30.5 Å². The quantitative estimate of drug-likeness (QED) is 0.403. The minimum Gasteiger partial charge on any atom is -0.395 e. The van der Waals surface area contributed by atoms with Gasteiger partial charge in [0.1, 0.15) is 0 Å². The van der Waals surface area contributed by atoms with Crippen LogP contribution in [0.25, 0.3) is 0 Å². The van der Waals surface area contributed by atoms with Gasteiger partial charge in [-0.05, 0) is 56.4 Å². The van der Waals surface area contributed by atoms with E-state index in [-0.39, 0.29) is 18.6 Å². The number of nitrogens with one attached hydrogen (secondary N) is 1. The first-order valence-corrected chi connectivity index (χ1v) is 10.6. The summed E-state index contributed by atoms with van der Waals surface area (Å²) in [6.07, 6.45) is 15.1. The van der Waals surface area contributed by atoms with Gasteiger partial charge in [0.15, 0.2) is 0 Å². The third-order valence-electron chi connectivity index (χ3n) is 5.20.